The second-order valence-corrected chi connectivity index (χ2v) is 10.9. The van der Waals surface area contributed by atoms with Crippen molar-refractivity contribution in [3.63, 3.8) is 0 Å². The van der Waals surface area contributed by atoms with E-state index in [4.69, 9.17) is 4.74 Å². The number of ether oxygens (including phenoxy) is 1. The average Bonchev–Trinajstić information content (AvgIpc) is 3.36. The minimum absolute atomic E-state index is 0.293. The van der Waals surface area contributed by atoms with Gasteiger partial charge in [0.2, 0.25) is 21.9 Å². The molecule has 2 aromatic carbocycles. The Morgan fingerprint density at radius 2 is 1.86 bits per heavy atom. The number of nitriles is 1. The van der Waals surface area contributed by atoms with E-state index in [0.717, 1.165) is 43.4 Å². The zero-order valence-electron chi connectivity index (χ0n) is 20.4. The molecule has 2 N–H and O–H groups in total. The number of benzene rings is 2. The van der Waals surface area contributed by atoms with E-state index < -0.39 is 10.0 Å². The maximum Gasteiger partial charge on any atom is 0.243 e. The van der Waals surface area contributed by atoms with E-state index in [2.05, 4.69) is 26.7 Å². The molecule has 190 valence electrons. The normalized spacial score (nSPS) is 16.7. The maximum absolute atomic E-state index is 12.8. The Labute approximate surface area is 216 Å². The molecule has 1 saturated heterocycles. The van der Waals surface area contributed by atoms with Crippen molar-refractivity contribution in [2.24, 2.45) is 0 Å². The van der Waals surface area contributed by atoms with Crippen LogP contribution < -0.4 is 15.4 Å². The lowest BCUT2D eigenvalue weighted by molar-refractivity contribution is 0.346. The van der Waals surface area contributed by atoms with Crippen molar-refractivity contribution in [2.45, 2.75) is 37.0 Å². The number of para-hydroxylation sites is 2. The molecule has 1 fully saturated rings. The Morgan fingerprint density at radius 1 is 1.08 bits per heavy atom. The third kappa shape index (κ3) is 5.58. The third-order valence-corrected chi connectivity index (χ3v) is 8.31. The van der Waals surface area contributed by atoms with Crippen LogP contribution in [0.2, 0.25) is 0 Å². The van der Waals surface area contributed by atoms with Gasteiger partial charge < -0.3 is 15.4 Å². The van der Waals surface area contributed by atoms with E-state index >= 15 is 0 Å². The number of anilines is 2. The van der Waals surface area contributed by atoms with Crippen LogP contribution in [0.3, 0.4) is 0 Å². The molecule has 3 aromatic rings. The topological polar surface area (TPSA) is 120 Å². The van der Waals surface area contributed by atoms with Gasteiger partial charge in [0.15, 0.2) is 5.75 Å². The highest BCUT2D eigenvalue weighted by molar-refractivity contribution is 7.89. The Balaban J connectivity index is 1.16. The van der Waals surface area contributed by atoms with Crippen LogP contribution in [-0.2, 0) is 16.4 Å². The van der Waals surface area contributed by atoms with E-state index in [0.29, 0.717) is 53.4 Å². The number of hydrogen-bond acceptors (Lipinski definition) is 8. The molecular formula is C27H28N6O3S. The second kappa shape index (κ2) is 11.0. The highest BCUT2D eigenvalue weighted by Gasteiger charge is 2.25. The van der Waals surface area contributed by atoms with Crippen LogP contribution in [0.25, 0.3) is 5.57 Å². The second-order valence-electron chi connectivity index (χ2n) is 8.94. The number of piperidine rings is 1. The number of allylic oxidation sites excluding steroid dienone is 1. The summed E-state index contributed by atoms with van der Waals surface area (Å²) in [6.45, 7) is 1.82. The van der Waals surface area contributed by atoms with Crippen LogP contribution in [0.15, 0.2) is 71.6 Å². The molecule has 9 nitrogen and oxygen atoms in total. The van der Waals surface area contributed by atoms with Crippen LogP contribution in [0.4, 0.5) is 11.6 Å². The predicted molar refractivity (Wildman–Crippen MR) is 141 cm³/mol. The van der Waals surface area contributed by atoms with E-state index in [1.165, 1.54) is 0 Å². The predicted octanol–water partition coefficient (Wildman–Crippen LogP) is 4.39. The van der Waals surface area contributed by atoms with Gasteiger partial charge in [-0.15, -0.1) is 0 Å². The van der Waals surface area contributed by atoms with E-state index in [9.17, 15) is 13.7 Å². The first-order valence-corrected chi connectivity index (χ1v) is 13.8. The highest BCUT2D eigenvalue weighted by Crippen LogP contribution is 2.35. The van der Waals surface area contributed by atoms with Crippen molar-refractivity contribution in [1.82, 2.24) is 14.3 Å². The van der Waals surface area contributed by atoms with Crippen molar-refractivity contribution in [3.05, 3.63) is 77.9 Å². The number of fused-ring (bicyclic) bond motifs is 1. The SMILES string of the molecule is N#C/C(=C1\Nc2ccccc2O1)c1ccnc(NCCCc2ccc(S(=O)(=O)N3CCCCC3)cc2)n1. The summed E-state index contributed by atoms with van der Waals surface area (Å²) in [5, 5.41) is 16.1. The van der Waals surface area contributed by atoms with Gasteiger partial charge in [-0.3, -0.25) is 0 Å². The number of hydrogen-bond donors (Lipinski definition) is 2. The lowest BCUT2D eigenvalue weighted by Crippen LogP contribution is -2.35. The first kappa shape index (κ1) is 24.7. The fourth-order valence-electron chi connectivity index (χ4n) is 4.41. The summed E-state index contributed by atoms with van der Waals surface area (Å²) in [6, 6.07) is 18.5. The average molecular weight is 517 g/mol. The minimum Gasteiger partial charge on any atom is -0.437 e. The van der Waals surface area contributed by atoms with Crippen molar-refractivity contribution in [1.29, 1.82) is 5.26 Å². The Kier molecular flexibility index (Phi) is 7.35. The van der Waals surface area contributed by atoms with Gasteiger partial charge in [0.05, 0.1) is 16.3 Å². The Bertz CT molecular complexity index is 1410. The van der Waals surface area contributed by atoms with Gasteiger partial charge in [0, 0.05) is 25.8 Å². The first-order chi connectivity index (χ1) is 18.0. The van der Waals surface area contributed by atoms with Gasteiger partial charge in [-0.25, -0.2) is 18.4 Å². The molecule has 1 aromatic heterocycles. The third-order valence-electron chi connectivity index (χ3n) is 6.40. The smallest absolute Gasteiger partial charge is 0.243 e. The van der Waals surface area contributed by atoms with E-state index in [1.54, 1.807) is 28.7 Å². The monoisotopic (exact) mass is 516 g/mol. The quantitative estimate of drug-likeness (QED) is 0.334. The van der Waals surface area contributed by atoms with E-state index in [1.807, 2.05) is 36.4 Å². The minimum atomic E-state index is -3.41. The van der Waals surface area contributed by atoms with Gasteiger partial charge in [0.25, 0.3) is 0 Å². The van der Waals surface area contributed by atoms with Crippen molar-refractivity contribution >= 4 is 27.2 Å². The molecule has 0 aliphatic carbocycles. The Morgan fingerprint density at radius 3 is 2.62 bits per heavy atom. The largest absolute Gasteiger partial charge is 0.437 e. The number of nitrogens with one attached hydrogen (secondary N) is 2. The fourth-order valence-corrected chi connectivity index (χ4v) is 5.93. The van der Waals surface area contributed by atoms with Gasteiger partial charge in [-0.05, 0) is 61.6 Å². The van der Waals surface area contributed by atoms with Crippen LogP contribution in [0.1, 0.15) is 36.9 Å². The summed E-state index contributed by atoms with van der Waals surface area (Å²) in [6.07, 6.45) is 6.12. The van der Waals surface area contributed by atoms with Crippen LogP contribution in [0.5, 0.6) is 5.75 Å². The molecule has 0 spiro atoms. The summed E-state index contributed by atoms with van der Waals surface area (Å²) >= 11 is 0. The van der Waals surface area contributed by atoms with Crippen molar-refractivity contribution in [3.8, 4) is 11.8 Å². The molecule has 2 aliphatic heterocycles. The fraction of sp³-hybridized carbons (Fsp3) is 0.296. The zero-order valence-corrected chi connectivity index (χ0v) is 21.2. The van der Waals surface area contributed by atoms with Crippen molar-refractivity contribution in [2.75, 3.05) is 30.3 Å². The van der Waals surface area contributed by atoms with Crippen LogP contribution in [0, 0.1) is 11.3 Å². The summed E-state index contributed by atoms with van der Waals surface area (Å²) in [4.78, 5) is 9.10. The molecule has 0 unspecified atom stereocenters. The van der Waals surface area contributed by atoms with E-state index in [-0.39, 0.29) is 0 Å². The van der Waals surface area contributed by atoms with Crippen LogP contribution >= 0.6 is 0 Å². The Hall–Kier alpha value is -3.94. The van der Waals surface area contributed by atoms with Gasteiger partial charge in [0.1, 0.15) is 11.6 Å². The number of nitrogens with zero attached hydrogens (tertiary/aromatic N) is 4. The van der Waals surface area contributed by atoms with Crippen LogP contribution in [-0.4, -0.2) is 42.3 Å². The molecule has 37 heavy (non-hydrogen) atoms. The number of aryl methyl sites for hydroxylation is 1. The molecule has 0 atom stereocenters. The van der Waals surface area contributed by atoms with Gasteiger partial charge in [-0.2, -0.15) is 9.57 Å². The van der Waals surface area contributed by atoms with Crippen molar-refractivity contribution < 1.29 is 13.2 Å². The molecule has 3 heterocycles. The molecule has 0 amide bonds. The molecule has 0 radical (unpaired) electrons. The lowest BCUT2D eigenvalue weighted by Gasteiger charge is -2.25. The van der Waals surface area contributed by atoms with Gasteiger partial charge in [-0.1, -0.05) is 30.7 Å². The number of sulfonamides is 1. The summed E-state index contributed by atoms with van der Waals surface area (Å²) in [5.74, 6) is 1.43. The highest BCUT2D eigenvalue weighted by atomic mass is 32.2. The molecule has 0 saturated carbocycles. The first-order valence-electron chi connectivity index (χ1n) is 12.4. The molecule has 5 rings (SSSR count). The molecule has 0 bridgehead atoms. The molecule has 10 heteroatoms. The standard InChI is InChI=1S/C27H28N6O3S/c28-19-22(26-31-24-8-2-3-9-25(24)36-26)23-14-16-30-27(32-23)29-15-6-7-20-10-12-21(13-11-20)37(34,35)33-17-4-1-5-18-33/h2-3,8-14,16,31H,1,4-7,15,17-18H2,(H,29,30,32)/b26-22-. The number of aromatic nitrogens is 2. The summed E-state index contributed by atoms with van der Waals surface area (Å²) in [5.41, 5.74) is 2.62. The lowest BCUT2D eigenvalue weighted by atomic mass is 10.1. The number of rotatable bonds is 8. The molecular weight excluding hydrogens is 488 g/mol. The van der Waals surface area contributed by atoms with Gasteiger partial charge >= 0.3 is 0 Å². The summed E-state index contributed by atoms with van der Waals surface area (Å²) in [7, 11) is -3.41. The molecule has 2 aliphatic rings. The zero-order chi connectivity index (χ0) is 25.7. The summed E-state index contributed by atoms with van der Waals surface area (Å²) < 4.78 is 33.0. The maximum atomic E-state index is 12.8.